The quantitative estimate of drug-likeness (QED) is 0.823. The lowest BCUT2D eigenvalue weighted by Crippen LogP contribution is -2.07. The van der Waals surface area contributed by atoms with Crippen molar-refractivity contribution in [2.75, 3.05) is 5.32 Å². The molecule has 2 aromatic rings. The van der Waals surface area contributed by atoms with Crippen LogP contribution in [0.4, 0.5) is 10.1 Å². The highest BCUT2D eigenvalue weighted by Gasteiger charge is 2.11. The molecule has 2 rings (SSSR count). The molecular weight excluding hydrogens is 245 g/mol. The number of rotatable bonds is 3. The van der Waals surface area contributed by atoms with E-state index in [0.717, 1.165) is 5.69 Å². The van der Waals surface area contributed by atoms with Crippen molar-refractivity contribution in [3.63, 3.8) is 0 Å². The summed E-state index contributed by atoms with van der Waals surface area (Å²) in [6.07, 6.45) is 0. The molecule has 1 unspecified atom stereocenters. The SMILES string of the molecule is Cc1cc(C(C)Nc2ccc(F)c(C)c2)c(C)s1. The molecule has 1 aromatic carbocycles. The minimum atomic E-state index is -0.157. The maximum absolute atomic E-state index is 13.2. The largest absolute Gasteiger partial charge is 0.378 e. The third-order valence-electron chi connectivity index (χ3n) is 3.09. The molecule has 3 heteroatoms. The van der Waals surface area contributed by atoms with Crippen LogP contribution in [0.5, 0.6) is 0 Å². The van der Waals surface area contributed by atoms with Gasteiger partial charge in [-0.15, -0.1) is 11.3 Å². The standard InChI is InChI=1S/C15H18FNS/c1-9-7-13(5-6-15(9)16)17-11(3)14-8-10(2)18-12(14)4/h5-8,11,17H,1-4H3. The Morgan fingerprint density at radius 3 is 2.44 bits per heavy atom. The molecule has 18 heavy (non-hydrogen) atoms. The van der Waals surface area contributed by atoms with Gasteiger partial charge in [-0.1, -0.05) is 0 Å². The van der Waals surface area contributed by atoms with Crippen LogP contribution in [-0.2, 0) is 0 Å². The summed E-state index contributed by atoms with van der Waals surface area (Å²) in [5.74, 6) is -0.157. The maximum atomic E-state index is 13.2. The minimum absolute atomic E-state index is 0.157. The highest BCUT2D eigenvalue weighted by Crippen LogP contribution is 2.28. The fraction of sp³-hybridized carbons (Fsp3) is 0.333. The van der Waals surface area contributed by atoms with Crippen LogP contribution < -0.4 is 5.32 Å². The Morgan fingerprint density at radius 1 is 1.17 bits per heavy atom. The molecule has 0 bridgehead atoms. The van der Waals surface area contributed by atoms with Gasteiger partial charge in [0, 0.05) is 21.5 Å². The molecule has 1 aromatic heterocycles. The monoisotopic (exact) mass is 263 g/mol. The molecule has 0 fully saturated rings. The second-order valence-corrected chi connectivity index (χ2v) is 6.16. The minimum Gasteiger partial charge on any atom is -0.378 e. The topological polar surface area (TPSA) is 12.0 Å². The summed E-state index contributed by atoms with van der Waals surface area (Å²) >= 11 is 1.81. The molecule has 0 spiro atoms. The fourth-order valence-electron chi connectivity index (χ4n) is 2.14. The molecule has 1 atom stereocenters. The van der Waals surface area contributed by atoms with Crippen molar-refractivity contribution in [2.24, 2.45) is 0 Å². The lowest BCUT2D eigenvalue weighted by atomic mass is 10.1. The first-order valence-electron chi connectivity index (χ1n) is 6.07. The van der Waals surface area contributed by atoms with E-state index in [2.05, 4.69) is 32.2 Å². The first kappa shape index (κ1) is 13.1. The fourth-order valence-corrected chi connectivity index (χ4v) is 3.17. The van der Waals surface area contributed by atoms with Gasteiger partial charge in [-0.05, 0) is 63.1 Å². The molecule has 1 N–H and O–H groups in total. The third-order valence-corrected chi connectivity index (χ3v) is 4.07. The van der Waals surface area contributed by atoms with E-state index in [1.54, 1.807) is 13.0 Å². The van der Waals surface area contributed by atoms with Crippen molar-refractivity contribution in [3.05, 3.63) is 51.0 Å². The van der Waals surface area contributed by atoms with Crippen LogP contribution in [-0.4, -0.2) is 0 Å². The van der Waals surface area contributed by atoms with Crippen LogP contribution in [0.3, 0.4) is 0 Å². The number of nitrogens with one attached hydrogen (secondary N) is 1. The first-order valence-corrected chi connectivity index (χ1v) is 6.88. The van der Waals surface area contributed by atoms with Gasteiger partial charge in [-0.2, -0.15) is 0 Å². The van der Waals surface area contributed by atoms with E-state index in [9.17, 15) is 4.39 Å². The van der Waals surface area contributed by atoms with Crippen LogP contribution in [0.2, 0.25) is 0 Å². The Hall–Kier alpha value is -1.35. The molecule has 0 saturated carbocycles. The Morgan fingerprint density at radius 2 is 1.89 bits per heavy atom. The lowest BCUT2D eigenvalue weighted by Gasteiger charge is -2.16. The number of benzene rings is 1. The second-order valence-electron chi connectivity index (χ2n) is 4.70. The number of aryl methyl sites for hydroxylation is 3. The zero-order valence-electron chi connectivity index (χ0n) is 11.2. The van der Waals surface area contributed by atoms with Crippen LogP contribution in [0.25, 0.3) is 0 Å². The molecule has 96 valence electrons. The first-order chi connectivity index (χ1) is 8.47. The van der Waals surface area contributed by atoms with Crippen molar-refractivity contribution < 1.29 is 4.39 Å². The Labute approximate surface area is 112 Å². The zero-order valence-corrected chi connectivity index (χ0v) is 12.0. The van der Waals surface area contributed by atoms with Gasteiger partial charge in [0.05, 0.1) is 0 Å². The number of halogens is 1. The summed E-state index contributed by atoms with van der Waals surface area (Å²) < 4.78 is 13.2. The summed E-state index contributed by atoms with van der Waals surface area (Å²) in [7, 11) is 0. The Balaban J connectivity index is 2.18. The van der Waals surface area contributed by atoms with Gasteiger partial charge in [0.1, 0.15) is 5.82 Å². The molecule has 0 saturated heterocycles. The molecule has 1 heterocycles. The van der Waals surface area contributed by atoms with Crippen molar-refractivity contribution in [3.8, 4) is 0 Å². The van der Waals surface area contributed by atoms with Crippen LogP contribution >= 0.6 is 11.3 Å². The Bertz CT molecular complexity index is 560. The molecular formula is C15H18FNS. The van der Waals surface area contributed by atoms with Crippen molar-refractivity contribution in [2.45, 2.75) is 33.7 Å². The highest BCUT2D eigenvalue weighted by molar-refractivity contribution is 7.12. The average Bonchev–Trinajstić information content (AvgIpc) is 2.63. The predicted molar refractivity (Wildman–Crippen MR) is 77.0 cm³/mol. The average molecular weight is 263 g/mol. The van der Waals surface area contributed by atoms with Gasteiger partial charge < -0.3 is 5.32 Å². The number of thiophene rings is 1. The highest BCUT2D eigenvalue weighted by atomic mass is 32.1. The van der Waals surface area contributed by atoms with E-state index in [1.165, 1.54) is 21.4 Å². The molecule has 1 nitrogen and oxygen atoms in total. The van der Waals surface area contributed by atoms with E-state index in [-0.39, 0.29) is 11.9 Å². The van der Waals surface area contributed by atoms with E-state index >= 15 is 0 Å². The molecule has 0 radical (unpaired) electrons. The summed E-state index contributed by atoms with van der Waals surface area (Å²) in [6.45, 7) is 8.18. The van der Waals surface area contributed by atoms with Gasteiger partial charge in [-0.25, -0.2) is 4.39 Å². The maximum Gasteiger partial charge on any atom is 0.126 e. The van der Waals surface area contributed by atoms with E-state index in [4.69, 9.17) is 0 Å². The summed E-state index contributed by atoms with van der Waals surface area (Å²) in [6, 6.07) is 7.60. The normalized spacial score (nSPS) is 12.5. The van der Waals surface area contributed by atoms with Crippen molar-refractivity contribution in [1.82, 2.24) is 0 Å². The van der Waals surface area contributed by atoms with Crippen LogP contribution in [0.1, 0.15) is 33.8 Å². The molecule has 0 aliphatic rings. The summed E-state index contributed by atoms with van der Waals surface area (Å²) in [5, 5.41) is 3.42. The van der Waals surface area contributed by atoms with Gasteiger partial charge in [0.25, 0.3) is 0 Å². The van der Waals surface area contributed by atoms with Gasteiger partial charge >= 0.3 is 0 Å². The van der Waals surface area contributed by atoms with Gasteiger partial charge in [-0.3, -0.25) is 0 Å². The second kappa shape index (κ2) is 5.11. The molecule has 0 aliphatic carbocycles. The van der Waals surface area contributed by atoms with Crippen molar-refractivity contribution in [1.29, 1.82) is 0 Å². The number of hydrogen-bond acceptors (Lipinski definition) is 2. The number of anilines is 1. The predicted octanol–water partition coefficient (Wildman–Crippen LogP) is 4.99. The zero-order chi connectivity index (χ0) is 13.3. The lowest BCUT2D eigenvalue weighted by molar-refractivity contribution is 0.618. The molecule has 0 aliphatic heterocycles. The third kappa shape index (κ3) is 2.72. The Kier molecular flexibility index (Phi) is 3.71. The summed E-state index contributed by atoms with van der Waals surface area (Å²) in [4.78, 5) is 2.66. The van der Waals surface area contributed by atoms with E-state index in [1.807, 2.05) is 17.4 Å². The van der Waals surface area contributed by atoms with Crippen LogP contribution in [0, 0.1) is 26.6 Å². The summed E-state index contributed by atoms with van der Waals surface area (Å²) in [5.41, 5.74) is 2.95. The number of hydrogen-bond donors (Lipinski definition) is 1. The van der Waals surface area contributed by atoms with E-state index in [0.29, 0.717) is 5.56 Å². The molecule has 0 amide bonds. The van der Waals surface area contributed by atoms with Crippen molar-refractivity contribution >= 4 is 17.0 Å². The smallest absolute Gasteiger partial charge is 0.126 e. The van der Waals surface area contributed by atoms with Crippen LogP contribution in [0.15, 0.2) is 24.3 Å². The van der Waals surface area contributed by atoms with Gasteiger partial charge in [0.15, 0.2) is 0 Å². The van der Waals surface area contributed by atoms with E-state index < -0.39 is 0 Å². The van der Waals surface area contributed by atoms with Gasteiger partial charge in [0.2, 0.25) is 0 Å².